The molecule has 0 aromatic carbocycles. The minimum atomic E-state index is -0.805. The summed E-state index contributed by atoms with van der Waals surface area (Å²) in [5.41, 5.74) is 0. The van der Waals surface area contributed by atoms with E-state index < -0.39 is 11.9 Å². The summed E-state index contributed by atoms with van der Waals surface area (Å²) in [6, 6.07) is -0.0727. The fraction of sp³-hybridized carbons (Fsp3) is 0.900. The van der Waals surface area contributed by atoms with Crippen LogP contribution >= 0.6 is 0 Å². The number of aliphatic hydroxyl groups excluding tert-OH is 1. The molecule has 15 heavy (non-hydrogen) atoms. The lowest BCUT2D eigenvalue weighted by Gasteiger charge is -2.28. The molecule has 1 aliphatic heterocycles. The second-order valence-electron chi connectivity index (χ2n) is 4.28. The maximum atomic E-state index is 10.9. The first-order valence-electron chi connectivity index (χ1n) is 5.18. The summed E-state index contributed by atoms with van der Waals surface area (Å²) in [5, 5.41) is 17.9. The average molecular weight is 217 g/mol. The van der Waals surface area contributed by atoms with Gasteiger partial charge in [0, 0.05) is 19.2 Å². The summed E-state index contributed by atoms with van der Waals surface area (Å²) >= 11 is 0. The molecule has 88 valence electrons. The van der Waals surface area contributed by atoms with Crippen LogP contribution in [-0.4, -0.2) is 60.5 Å². The number of aliphatic hydroxyl groups is 1. The van der Waals surface area contributed by atoms with Crippen LogP contribution in [0.3, 0.4) is 0 Å². The Bertz CT molecular complexity index is 221. The summed E-state index contributed by atoms with van der Waals surface area (Å²) in [4.78, 5) is 12.9. The number of carboxylic acids is 1. The molecule has 0 amide bonds. The fourth-order valence-electron chi connectivity index (χ4n) is 1.90. The van der Waals surface area contributed by atoms with Crippen LogP contribution in [0.1, 0.15) is 6.92 Å². The van der Waals surface area contributed by atoms with Crippen molar-refractivity contribution in [1.82, 2.24) is 4.90 Å². The Labute approximate surface area is 89.6 Å². The van der Waals surface area contributed by atoms with Gasteiger partial charge in [-0.2, -0.15) is 0 Å². The molecule has 2 N–H and O–H groups in total. The number of aliphatic carboxylic acids is 1. The maximum Gasteiger partial charge on any atom is 0.310 e. The zero-order valence-corrected chi connectivity index (χ0v) is 9.22. The molecule has 1 heterocycles. The predicted molar refractivity (Wildman–Crippen MR) is 54.6 cm³/mol. The molecule has 3 unspecified atom stereocenters. The highest BCUT2D eigenvalue weighted by Crippen LogP contribution is 2.19. The second-order valence-corrected chi connectivity index (χ2v) is 4.28. The molecule has 0 bridgehead atoms. The SMILES string of the molecule is CC(CO)CN(C)C1COCC1C(=O)O. The van der Waals surface area contributed by atoms with E-state index in [1.165, 1.54) is 0 Å². The monoisotopic (exact) mass is 217 g/mol. The van der Waals surface area contributed by atoms with Crippen molar-refractivity contribution in [3.8, 4) is 0 Å². The van der Waals surface area contributed by atoms with E-state index in [1.807, 2.05) is 18.9 Å². The number of hydrogen-bond donors (Lipinski definition) is 2. The maximum absolute atomic E-state index is 10.9. The van der Waals surface area contributed by atoms with Crippen LogP contribution in [0.2, 0.25) is 0 Å². The third kappa shape index (κ3) is 3.15. The molecule has 0 saturated carbocycles. The Morgan fingerprint density at radius 2 is 2.27 bits per heavy atom. The van der Waals surface area contributed by atoms with Crippen LogP contribution in [0, 0.1) is 11.8 Å². The normalized spacial score (nSPS) is 28.3. The van der Waals surface area contributed by atoms with E-state index in [1.54, 1.807) is 0 Å². The van der Waals surface area contributed by atoms with Crippen molar-refractivity contribution in [1.29, 1.82) is 0 Å². The van der Waals surface area contributed by atoms with Gasteiger partial charge in [-0.15, -0.1) is 0 Å². The molecule has 0 aromatic rings. The van der Waals surface area contributed by atoms with Crippen molar-refractivity contribution >= 4 is 5.97 Å². The topological polar surface area (TPSA) is 70.0 Å². The van der Waals surface area contributed by atoms with Crippen molar-refractivity contribution < 1.29 is 19.7 Å². The minimum Gasteiger partial charge on any atom is -0.481 e. The van der Waals surface area contributed by atoms with Gasteiger partial charge < -0.3 is 14.9 Å². The largest absolute Gasteiger partial charge is 0.481 e. The van der Waals surface area contributed by atoms with Crippen molar-refractivity contribution in [2.45, 2.75) is 13.0 Å². The number of hydrogen-bond acceptors (Lipinski definition) is 4. The predicted octanol–water partition coefficient (Wildman–Crippen LogP) is -0.354. The van der Waals surface area contributed by atoms with Crippen LogP contribution in [0.5, 0.6) is 0 Å². The number of ether oxygens (including phenoxy) is 1. The molecular formula is C10H19NO4. The van der Waals surface area contributed by atoms with Crippen molar-refractivity contribution in [2.24, 2.45) is 11.8 Å². The van der Waals surface area contributed by atoms with E-state index in [-0.39, 0.29) is 25.2 Å². The molecular weight excluding hydrogens is 198 g/mol. The molecule has 1 saturated heterocycles. The van der Waals surface area contributed by atoms with E-state index in [2.05, 4.69) is 0 Å². The quantitative estimate of drug-likeness (QED) is 0.658. The Kier molecular flexibility index (Phi) is 4.50. The molecule has 3 atom stereocenters. The number of carboxylic acid groups (broad SMARTS) is 1. The van der Waals surface area contributed by atoms with E-state index in [0.717, 1.165) is 0 Å². The smallest absolute Gasteiger partial charge is 0.310 e. The Morgan fingerprint density at radius 1 is 1.60 bits per heavy atom. The first-order chi connectivity index (χ1) is 7.06. The summed E-state index contributed by atoms with van der Waals surface area (Å²) in [6.45, 7) is 3.50. The molecule has 0 spiro atoms. The third-order valence-corrected chi connectivity index (χ3v) is 2.85. The van der Waals surface area contributed by atoms with Crippen molar-refractivity contribution in [3.63, 3.8) is 0 Å². The van der Waals surface area contributed by atoms with Gasteiger partial charge in [0.1, 0.15) is 0 Å². The zero-order valence-electron chi connectivity index (χ0n) is 9.22. The average Bonchev–Trinajstić information content (AvgIpc) is 2.65. The molecule has 1 rings (SSSR count). The molecule has 5 nitrogen and oxygen atoms in total. The Hall–Kier alpha value is -0.650. The van der Waals surface area contributed by atoms with Gasteiger partial charge in [0.05, 0.1) is 19.1 Å². The highest BCUT2D eigenvalue weighted by Gasteiger charge is 2.36. The molecule has 0 aromatic heterocycles. The standard InChI is InChI=1S/C10H19NO4/c1-7(4-12)3-11(2)9-6-15-5-8(9)10(13)14/h7-9,12H,3-6H2,1-2H3,(H,13,14). The van der Waals surface area contributed by atoms with Gasteiger partial charge in [0.15, 0.2) is 0 Å². The van der Waals surface area contributed by atoms with Gasteiger partial charge in [-0.25, -0.2) is 0 Å². The second kappa shape index (κ2) is 5.44. The lowest BCUT2D eigenvalue weighted by atomic mass is 10.0. The summed E-state index contributed by atoms with van der Waals surface area (Å²) in [6.07, 6.45) is 0. The van der Waals surface area contributed by atoms with Crippen molar-refractivity contribution in [3.05, 3.63) is 0 Å². The molecule has 0 radical (unpaired) electrons. The van der Waals surface area contributed by atoms with Crippen LogP contribution in [-0.2, 0) is 9.53 Å². The van der Waals surface area contributed by atoms with E-state index in [9.17, 15) is 4.79 Å². The van der Waals surface area contributed by atoms with Gasteiger partial charge in [-0.1, -0.05) is 6.92 Å². The summed E-state index contributed by atoms with van der Waals surface area (Å²) in [5.74, 6) is -1.09. The van der Waals surface area contributed by atoms with Crippen LogP contribution in [0.25, 0.3) is 0 Å². The van der Waals surface area contributed by atoms with Gasteiger partial charge in [0.25, 0.3) is 0 Å². The van der Waals surface area contributed by atoms with E-state index in [4.69, 9.17) is 14.9 Å². The first kappa shape index (κ1) is 12.4. The van der Waals surface area contributed by atoms with Gasteiger partial charge >= 0.3 is 5.97 Å². The summed E-state index contributed by atoms with van der Waals surface area (Å²) < 4.78 is 5.18. The number of likely N-dealkylation sites (N-methyl/N-ethyl adjacent to an activating group) is 1. The number of carbonyl (C=O) groups is 1. The van der Waals surface area contributed by atoms with Gasteiger partial charge in [0.2, 0.25) is 0 Å². The highest BCUT2D eigenvalue weighted by atomic mass is 16.5. The molecule has 0 aliphatic carbocycles. The molecule has 5 heteroatoms. The van der Waals surface area contributed by atoms with Crippen LogP contribution in [0.15, 0.2) is 0 Å². The highest BCUT2D eigenvalue weighted by molar-refractivity contribution is 5.71. The van der Waals surface area contributed by atoms with Gasteiger partial charge in [-0.05, 0) is 13.0 Å². The lowest BCUT2D eigenvalue weighted by Crippen LogP contribution is -2.43. The number of nitrogens with zero attached hydrogens (tertiary/aromatic N) is 1. The minimum absolute atomic E-state index is 0.0727. The first-order valence-corrected chi connectivity index (χ1v) is 5.18. The Morgan fingerprint density at radius 3 is 2.80 bits per heavy atom. The lowest BCUT2D eigenvalue weighted by molar-refractivity contribution is -0.143. The van der Waals surface area contributed by atoms with Crippen molar-refractivity contribution in [2.75, 3.05) is 33.4 Å². The van der Waals surface area contributed by atoms with E-state index in [0.29, 0.717) is 13.2 Å². The third-order valence-electron chi connectivity index (χ3n) is 2.85. The Balaban J connectivity index is 2.50. The summed E-state index contributed by atoms with van der Waals surface area (Å²) in [7, 11) is 1.88. The van der Waals surface area contributed by atoms with E-state index >= 15 is 0 Å². The fourth-order valence-corrected chi connectivity index (χ4v) is 1.90. The molecule has 1 fully saturated rings. The van der Waals surface area contributed by atoms with Gasteiger partial charge in [-0.3, -0.25) is 9.69 Å². The zero-order chi connectivity index (χ0) is 11.4. The number of rotatable bonds is 5. The molecule has 1 aliphatic rings. The van der Waals surface area contributed by atoms with Crippen LogP contribution in [0.4, 0.5) is 0 Å². The van der Waals surface area contributed by atoms with Crippen LogP contribution < -0.4 is 0 Å².